The maximum Gasteiger partial charge on any atom is 0.217 e. The van der Waals surface area contributed by atoms with Gasteiger partial charge in [0.25, 0.3) is 0 Å². The molecule has 0 saturated heterocycles. The van der Waals surface area contributed by atoms with Crippen molar-refractivity contribution in [2.45, 2.75) is 33.7 Å². The van der Waals surface area contributed by atoms with Gasteiger partial charge in [-0.25, -0.2) is 0 Å². The highest BCUT2D eigenvalue weighted by atomic mass is 16.1. The summed E-state index contributed by atoms with van der Waals surface area (Å²) in [5.74, 6) is 0.00258. The SMILES string of the molecule is C=C(C)c1cccc(CNC(C)=O)c1CC. The second-order valence-electron chi connectivity index (χ2n) is 3.99. The van der Waals surface area contributed by atoms with Crippen molar-refractivity contribution in [3.05, 3.63) is 41.5 Å². The summed E-state index contributed by atoms with van der Waals surface area (Å²) in [6.07, 6.45) is 0.956. The molecule has 2 heteroatoms. The summed E-state index contributed by atoms with van der Waals surface area (Å²) >= 11 is 0. The summed E-state index contributed by atoms with van der Waals surface area (Å²) in [5.41, 5.74) is 4.73. The lowest BCUT2D eigenvalue weighted by Gasteiger charge is -2.13. The van der Waals surface area contributed by atoms with Gasteiger partial charge in [-0.15, -0.1) is 0 Å². The van der Waals surface area contributed by atoms with Crippen LogP contribution in [0.5, 0.6) is 0 Å². The predicted octanol–water partition coefficient (Wildman–Crippen LogP) is 2.92. The minimum Gasteiger partial charge on any atom is -0.352 e. The first-order chi connectivity index (χ1) is 7.56. The zero-order chi connectivity index (χ0) is 12.1. The van der Waals surface area contributed by atoms with Crippen LogP contribution in [0, 0.1) is 0 Å². The fraction of sp³-hybridized carbons (Fsp3) is 0.357. The van der Waals surface area contributed by atoms with Crippen molar-refractivity contribution in [1.82, 2.24) is 5.32 Å². The highest BCUT2D eigenvalue weighted by Gasteiger charge is 2.07. The van der Waals surface area contributed by atoms with E-state index in [4.69, 9.17) is 0 Å². The number of carbonyl (C=O) groups is 1. The van der Waals surface area contributed by atoms with Crippen LogP contribution in [0.25, 0.3) is 5.57 Å². The van der Waals surface area contributed by atoms with Crippen LogP contribution in [0.15, 0.2) is 24.8 Å². The molecular formula is C14H19NO. The van der Waals surface area contributed by atoms with Crippen LogP contribution < -0.4 is 5.32 Å². The first-order valence-electron chi connectivity index (χ1n) is 5.57. The Morgan fingerprint density at radius 2 is 2.06 bits per heavy atom. The average Bonchev–Trinajstić information content (AvgIpc) is 2.25. The number of allylic oxidation sites excluding steroid dienone is 1. The molecule has 0 heterocycles. The lowest BCUT2D eigenvalue weighted by atomic mass is 9.95. The van der Waals surface area contributed by atoms with Crippen molar-refractivity contribution in [3.8, 4) is 0 Å². The molecule has 1 aromatic carbocycles. The smallest absolute Gasteiger partial charge is 0.217 e. The van der Waals surface area contributed by atoms with Gasteiger partial charge in [-0.05, 0) is 30.0 Å². The molecule has 0 unspecified atom stereocenters. The van der Waals surface area contributed by atoms with E-state index in [0.717, 1.165) is 12.0 Å². The summed E-state index contributed by atoms with van der Waals surface area (Å²) in [7, 11) is 0. The number of nitrogens with one attached hydrogen (secondary N) is 1. The Bertz CT molecular complexity index is 407. The fourth-order valence-corrected chi connectivity index (χ4v) is 1.84. The lowest BCUT2D eigenvalue weighted by molar-refractivity contribution is -0.119. The van der Waals surface area contributed by atoms with Crippen LogP contribution in [-0.2, 0) is 17.8 Å². The van der Waals surface area contributed by atoms with Crippen LogP contribution in [0.4, 0.5) is 0 Å². The van der Waals surface area contributed by atoms with Gasteiger partial charge in [0, 0.05) is 13.5 Å². The fourth-order valence-electron chi connectivity index (χ4n) is 1.84. The first-order valence-corrected chi connectivity index (χ1v) is 5.57. The van der Waals surface area contributed by atoms with Gasteiger partial charge in [0.2, 0.25) is 5.91 Å². The van der Waals surface area contributed by atoms with E-state index in [2.05, 4.69) is 31.0 Å². The van der Waals surface area contributed by atoms with Gasteiger partial charge in [-0.1, -0.05) is 37.3 Å². The third-order valence-corrected chi connectivity index (χ3v) is 2.61. The Morgan fingerprint density at radius 3 is 2.56 bits per heavy atom. The van der Waals surface area contributed by atoms with E-state index in [1.165, 1.54) is 23.6 Å². The van der Waals surface area contributed by atoms with E-state index >= 15 is 0 Å². The molecule has 0 aromatic heterocycles. The van der Waals surface area contributed by atoms with Crippen LogP contribution in [-0.4, -0.2) is 5.91 Å². The summed E-state index contributed by atoms with van der Waals surface area (Å²) < 4.78 is 0. The number of benzene rings is 1. The molecule has 16 heavy (non-hydrogen) atoms. The summed E-state index contributed by atoms with van der Waals surface area (Å²) in [6.45, 7) is 10.3. The molecule has 0 atom stereocenters. The molecule has 0 radical (unpaired) electrons. The second kappa shape index (κ2) is 5.50. The summed E-state index contributed by atoms with van der Waals surface area (Å²) in [4.78, 5) is 10.9. The molecule has 0 aliphatic rings. The topological polar surface area (TPSA) is 29.1 Å². The van der Waals surface area contributed by atoms with E-state index in [1.54, 1.807) is 0 Å². The molecule has 1 aromatic rings. The molecular weight excluding hydrogens is 198 g/mol. The number of amides is 1. The predicted molar refractivity (Wildman–Crippen MR) is 68.0 cm³/mol. The van der Waals surface area contributed by atoms with Crippen molar-refractivity contribution in [2.75, 3.05) is 0 Å². The normalized spacial score (nSPS) is 9.94. The molecule has 0 saturated carbocycles. The van der Waals surface area contributed by atoms with Gasteiger partial charge < -0.3 is 5.32 Å². The molecule has 1 rings (SSSR count). The Morgan fingerprint density at radius 1 is 1.38 bits per heavy atom. The Balaban J connectivity index is 3.04. The van der Waals surface area contributed by atoms with Gasteiger partial charge >= 0.3 is 0 Å². The second-order valence-corrected chi connectivity index (χ2v) is 3.99. The highest BCUT2D eigenvalue weighted by Crippen LogP contribution is 2.21. The van der Waals surface area contributed by atoms with Crippen molar-refractivity contribution in [3.63, 3.8) is 0 Å². The van der Waals surface area contributed by atoms with Crippen molar-refractivity contribution in [1.29, 1.82) is 0 Å². The van der Waals surface area contributed by atoms with Crippen molar-refractivity contribution >= 4 is 11.5 Å². The maximum absolute atomic E-state index is 10.9. The number of rotatable bonds is 4. The van der Waals surface area contributed by atoms with E-state index in [9.17, 15) is 4.79 Å². The largest absolute Gasteiger partial charge is 0.352 e. The molecule has 1 amide bonds. The standard InChI is InChI=1S/C14H19NO/c1-5-13-12(9-15-11(4)16)7-6-8-14(13)10(2)3/h6-8H,2,5,9H2,1,3-4H3,(H,15,16). The van der Waals surface area contributed by atoms with Crippen LogP contribution >= 0.6 is 0 Å². The number of carbonyl (C=O) groups excluding carboxylic acids is 1. The third-order valence-electron chi connectivity index (χ3n) is 2.61. The molecule has 0 fully saturated rings. The van der Waals surface area contributed by atoms with E-state index in [0.29, 0.717) is 6.54 Å². The minimum atomic E-state index is 0.00258. The number of hydrogen-bond donors (Lipinski definition) is 1. The lowest BCUT2D eigenvalue weighted by Crippen LogP contribution is -2.20. The Kier molecular flexibility index (Phi) is 4.29. The molecule has 1 N–H and O–H groups in total. The molecule has 0 bridgehead atoms. The van der Waals surface area contributed by atoms with Crippen LogP contribution in [0.2, 0.25) is 0 Å². The highest BCUT2D eigenvalue weighted by molar-refractivity contribution is 5.73. The first kappa shape index (κ1) is 12.5. The zero-order valence-corrected chi connectivity index (χ0v) is 10.3. The van der Waals surface area contributed by atoms with Gasteiger partial charge in [0.1, 0.15) is 0 Å². The van der Waals surface area contributed by atoms with Gasteiger partial charge in [-0.2, -0.15) is 0 Å². The number of hydrogen-bond acceptors (Lipinski definition) is 1. The molecule has 86 valence electrons. The van der Waals surface area contributed by atoms with E-state index in [-0.39, 0.29) is 5.91 Å². The third kappa shape index (κ3) is 2.96. The Labute approximate surface area is 97.4 Å². The van der Waals surface area contributed by atoms with Gasteiger partial charge in [0.05, 0.1) is 0 Å². The Hall–Kier alpha value is -1.57. The van der Waals surface area contributed by atoms with Crippen LogP contribution in [0.1, 0.15) is 37.5 Å². The maximum atomic E-state index is 10.9. The van der Waals surface area contributed by atoms with Crippen molar-refractivity contribution < 1.29 is 4.79 Å². The van der Waals surface area contributed by atoms with Gasteiger partial charge in [0.15, 0.2) is 0 Å². The van der Waals surface area contributed by atoms with Gasteiger partial charge in [-0.3, -0.25) is 4.79 Å². The molecule has 0 aliphatic heterocycles. The summed E-state index contributed by atoms with van der Waals surface area (Å²) in [6, 6.07) is 6.15. The molecule has 2 nitrogen and oxygen atoms in total. The minimum absolute atomic E-state index is 0.00258. The van der Waals surface area contributed by atoms with E-state index < -0.39 is 0 Å². The monoisotopic (exact) mass is 217 g/mol. The average molecular weight is 217 g/mol. The van der Waals surface area contributed by atoms with E-state index in [1.807, 2.05) is 13.0 Å². The summed E-state index contributed by atoms with van der Waals surface area (Å²) in [5, 5.41) is 2.83. The quantitative estimate of drug-likeness (QED) is 0.825. The molecule has 0 aliphatic carbocycles. The molecule has 0 spiro atoms. The zero-order valence-electron chi connectivity index (χ0n) is 10.3. The van der Waals surface area contributed by atoms with Crippen molar-refractivity contribution in [2.24, 2.45) is 0 Å². The van der Waals surface area contributed by atoms with Crippen LogP contribution in [0.3, 0.4) is 0 Å².